The summed E-state index contributed by atoms with van der Waals surface area (Å²) >= 11 is 12.2. The molecule has 1 heterocycles. The van der Waals surface area contributed by atoms with E-state index < -0.39 is 0 Å². The van der Waals surface area contributed by atoms with Gasteiger partial charge in [-0.1, -0.05) is 36.2 Å². The lowest BCUT2D eigenvalue weighted by Crippen LogP contribution is -2.41. The van der Waals surface area contributed by atoms with Crippen molar-refractivity contribution in [2.45, 2.75) is 19.9 Å². The summed E-state index contributed by atoms with van der Waals surface area (Å²) in [6.45, 7) is 3.50. The quantitative estimate of drug-likeness (QED) is 0.909. The Hall–Kier alpha value is -0.480. The van der Waals surface area contributed by atoms with Crippen LogP contribution in [0.4, 0.5) is 0 Å². The summed E-state index contributed by atoms with van der Waals surface area (Å²) < 4.78 is 0. The minimum absolute atomic E-state index is 0. The molecule has 106 valence electrons. The van der Waals surface area contributed by atoms with Gasteiger partial charge in [0.25, 0.3) is 0 Å². The minimum atomic E-state index is -0.130. The van der Waals surface area contributed by atoms with Gasteiger partial charge in [-0.2, -0.15) is 0 Å². The monoisotopic (exact) mass is 322 g/mol. The zero-order valence-corrected chi connectivity index (χ0v) is 13.0. The van der Waals surface area contributed by atoms with Crippen molar-refractivity contribution < 1.29 is 4.79 Å². The molecular formula is C13H17Cl3N2O. The van der Waals surface area contributed by atoms with Crippen molar-refractivity contribution in [1.29, 1.82) is 0 Å². The van der Waals surface area contributed by atoms with Crippen LogP contribution in [-0.2, 0) is 17.8 Å². The van der Waals surface area contributed by atoms with Crippen LogP contribution in [0.2, 0.25) is 10.0 Å². The fourth-order valence-corrected chi connectivity index (χ4v) is 2.64. The van der Waals surface area contributed by atoms with E-state index in [1.54, 1.807) is 6.07 Å². The average Bonchev–Trinajstić information content (AvgIpc) is 2.41. The summed E-state index contributed by atoms with van der Waals surface area (Å²) in [7, 11) is 0. The van der Waals surface area contributed by atoms with E-state index in [4.69, 9.17) is 28.9 Å². The number of carbonyl (C=O) groups is 1. The Morgan fingerprint density at radius 2 is 2.16 bits per heavy atom. The summed E-state index contributed by atoms with van der Waals surface area (Å²) in [5, 5.41) is 1.19. The number of fused-ring (bicyclic) bond motifs is 1. The number of nitrogens with zero attached hydrogens (tertiary/aromatic N) is 1. The number of amides is 1. The largest absolute Gasteiger partial charge is 0.338 e. The van der Waals surface area contributed by atoms with Gasteiger partial charge in [0.15, 0.2) is 0 Å². The SMILES string of the molecule is CC(CN)C(=O)N1CCc2c(ccc(Cl)c2Cl)C1.Cl. The highest BCUT2D eigenvalue weighted by Crippen LogP contribution is 2.32. The summed E-state index contributed by atoms with van der Waals surface area (Å²) in [6, 6.07) is 3.72. The first-order valence-corrected chi connectivity index (χ1v) is 6.74. The Morgan fingerprint density at radius 3 is 2.79 bits per heavy atom. The van der Waals surface area contributed by atoms with Gasteiger partial charge in [-0.25, -0.2) is 0 Å². The second-order valence-corrected chi connectivity index (χ2v) is 5.43. The van der Waals surface area contributed by atoms with E-state index in [9.17, 15) is 4.79 Å². The van der Waals surface area contributed by atoms with Crippen LogP contribution < -0.4 is 5.73 Å². The van der Waals surface area contributed by atoms with E-state index in [1.807, 2.05) is 17.9 Å². The minimum Gasteiger partial charge on any atom is -0.338 e. The number of nitrogens with two attached hydrogens (primary N) is 1. The van der Waals surface area contributed by atoms with E-state index in [-0.39, 0.29) is 24.2 Å². The van der Waals surface area contributed by atoms with Crippen LogP contribution in [0.5, 0.6) is 0 Å². The molecule has 1 aliphatic rings. The first kappa shape index (κ1) is 16.6. The van der Waals surface area contributed by atoms with Crippen molar-refractivity contribution in [3.05, 3.63) is 33.3 Å². The standard InChI is InChI=1S/C13H16Cl2N2O.ClH/c1-8(6-16)13(18)17-5-4-10-9(7-17)2-3-11(14)12(10)15;/h2-3,8H,4-7,16H2,1H3;1H. The predicted octanol–water partition coefficient (Wildman–Crippen LogP) is 2.89. The number of hydrogen-bond acceptors (Lipinski definition) is 2. The molecule has 2 N–H and O–H groups in total. The lowest BCUT2D eigenvalue weighted by molar-refractivity contribution is -0.135. The van der Waals surface area contributed by atoms with Gasteiger partial charge in [-0.15, -0.1) is 12.4 Å². The van der Waals surface area contributed by atoms with Crippen molar-refractivity contribution in [2.75, 3.05) is 13.1 Å². The van der Waals surface area contributed by atoms with E-state index in [1.165, 1.54) is 0 Å². The molecule has 0 aromatic heterocycles. The molecule has 2 rings (SSSR count). The third kappa shape index (κ3) is 3.34. The zero-order valence-electron chi connectivity index (χ0n) is 10.7. The van der Waals surface area contributed by atoms with Gasteiger partial charge < -0.3 is 10.6 Å². The van der Waals surface area contributed by atoms with Crippen molar-refractivity contribution in [3.63, 3.8) is 0 Å². The first-order chi connectivity index (χ1) is 8.54. The second-order valence-electron chi connectivity index (χ2n) is 4.65. The molecule has 0 spiro atoms. The molecule has 1 unspecified atom stereocenters. The molecule has 1 aliphatic heterocycles. The van der Waals surface area contributed by atoms with Crippen molar-refractivity contribution in [3.8, 4) is 0 Å². The predicted molar refractivity (Wildman–Crippen MR) is 81.0 cm³/mol. The Balaban J connectivity index is 0.00000180. The second kappa shape index (κ2) is 6.80. The Kier molecular flexibility index (Phi) is 5.93. The summed E-state index contributed by atoms with van der Waals surface area (Å²) in [4.78, 5) is 13.9. The maximum absolute atomic E-state index is 12.1. The Morgan fingerprint density at radius 1 is 1.47 bits per heavy atom. The van der Waals surface area contributed by atoms with Gasteiger partial charge in [0.1, 0.15) is 0 Å². The van der Waals surface area contributed by atoms with Gasteiger partial charge >= 0.3 is 0 Å². The molecule has 0 radical (unpaired) electrons. The van der Waals surface area contributed by atoms with Gasteiger partial charge in [0.05, 0.1) is 10.0 Å². The Bertz CT molecular complexity index is 479. The number of hydrogen-bond donors (Lipinski definition) is 1. The van der Waals surface area contributed by atoms with Crippen molar-refractivity contribution in [2.24, 2.45) is 11.7 Å². The highest BCUT2D eigenvalue weighted by molar-refractivity contribution is 6.42. The fourth-order valence-electron chi connectivity index (χ4n) is 2.18. The molecule has 6 heteroatoms. The molecule has 0 aliphatic carbocycles. The van der Waals surface area contributed by atoms with Crippen molar-refractivity contribution >= 4 is 41.5 Å². The molecule has 1 aromatic carbocycles. The number of rotatable bonds is 2. The van der Waals surface area contributed by atoms with E-state index in [2.05, 4.69) is 0 Å². The molecule has 0 saturated carbocycles. The van der Waals surface area contributed by atoms with Crippen LogP contribution in [0.15, 0.2) is 12.1 Å². The number of halogens is 3. The highest BCUT2D eigenvalue weighted by Gasteiger charge is 2.25. The molecule has 19 heavy (non-hydrogen) atoms. The topological polar surface area (TPSA) is 46.3 Å². The number of benzene rings is 1. The van der Waals surface area contributed by atoms with Crippen molar-refractivity contribution in [1.82, 2.24) is 4.90 Å². The lowest BCUT2D eigenvalue weighted by atomic mass is 9.98. The summed E-state index contributed by atoms with van der Waals surface area (Å²) in [6.07, 6.45) is 0.748. The third-order valence-corrected chi connectivity index (χ3v) is 4.22. The van der Waals surface area contributed by atoms with Gasteiger partial charge in [-0.3, -0.25) is 4.79 Å². The molecule has 0 bridgehead atoms. The smallest absolute Gasteiger partial charge is 0.226 e. The van der Waals surface area contributed by atoms with E-state index >= 15 is 0 Å². The molecule has 1 amide bonds. The van der Waals surface area contributed by atoms with E-state index in [0.29, 0.717) is 29.7 Å². The van der Waals surface area contributed by atoms with Gasteiger partial charge in [-0.05, 0) is 23.6 Å². The fraction of sp³-hybridized carbons (Fsp3) is 0.462. The van der Waals surface area contributed by atoms with Crippen LogP contribution in [-0.4, -0.2) is 23.9 Å². The van der Waals surface area contributed by atoms with E-state index in [0.717, 1.165) is 17.5 Å². The lowest BCUT2D eigenvalue weighted by Gasteiger charge is -2.31. The zero-order chi connectivity index (χ0) is 13.3. The Labute approximate surface area is 129 Å². The van der Waals surface area contributed by atoms with Gasteiger partial charge in [0.2, 0.25) is 5.91 Å². The summed E-state index contributed by atoms with van der Waals surface area (Å²) in [5.41, 5.74) is 7.67. The third-order valence-electron chi connectivity index (χ3n) is 3.37. The first-order valence-electron chi connectivity index (χ1n) is 5.99. The maximum Gasteiger partial charge on any atom is 0.226 e. The molecule has 0 saturated heterocycles. The van der Waals surface area contributed by atoms with Crippen LogP contribution >= 0.6 is 35.6 Å². The highest BCUT2D eigenvalue weighted by atomic mass is 35.5. The molecule has 3 nitrogen and oxygen atoms in total. The molecule has 1 atom stereocenters. The molecule has 1 aromatic rings. The molecule has 0 fully saturated rings. The normalized spacial score (nSPS) is 15.5. The number of carbonyl (C=O) groups excluding carboxylic acids is 1. The summed E-state index contributed by atoms with van der Waals surface area (Å²) in [5.74, 6) is -0.0245. The van der Waals surface area contributed by atoms with Crippen LogP contribution in [0.1, 0.15) is 18.1 Å². The van der Waals surface area contributed by atoms with Crippen LogP contribution in [0, 0.1) is 5.92 Å². The van der Waals surface area contributed by atoms with Gasteiger partial charge in [0, 0.05) is 25.6 Å². The van der Waals surface area contributed by atoms with Crippen LogP contribution in [0.3, 0.4) is 0 Å². The molecular weight excluding hydrogens is 307 g/mol. The average molecular weight is 324 g/mol. The maximum atomic E-state index is 12.1. The van der Waals surface area contributed by atoms with Crippen LogP contribution in [0.25, 0.3) is 0 Å².